The number of nitro benzene ring substituents is 1. The quantitative estimate of drug-likeness (QED) is 0.248. The molecule has 2 rings (SSSR count). The Hall–Kier alpha value is -2.44. The van der Waals surface area contributed by atoms with E-state index >= 15 is 0 Å². The molecule has 1 aromatic rings. The smallest absolute Gasteiger partial charge is 0.298 e. The number of nitro groups is 1. The summed E-state index contributed by atoms with van der Waals surface area (Å²) in [5.74, 6) is -0.330. The number of fused-ring (bicyclic) bond motifs is 1. The molecule has 0 saturated carbocycles. The van der Waals surface area contributed by atoms with E-state index in [-0.39, 0.29) is 17.5 Å². The lowest BCUT2D eigenvalue weighted by Gasteiger charge is -2.26. The van der Waals surface area contributed by atoms with Crippen molar-refractivity contribution in [2.24, 2.45) is 5.41 Å². The third-order valence-electron chi connectivity index (χ3n) is 6.74. The van der Waals surface area contributed by atoms with Gasteiger partial charge in [-0.1, -0.05) is 65.7 Å². The van der Waals surface area contributed by atoms with Crippen molar-refractivity contribution in [1.82, 2.24) is 0 Å². The monoisotopic (exact) mass is 445 g/mol. The number of hydrogen-bond donors (Lipinski definition) is 1. The Morgan fingerprint density at radius 1 is 1.06 bits per heavy atom. The molecule has 0 spiro atoms. The van der Waals surface area contributed by atoms with Crippen LogP contribution in [0.5, 0.6) is 0 Å². The van der Waals surface area contributed by atoms with E-state index < -0.39 is 10.3 Å². The first-order valence-electron chi connectivity index (χ1n) is 11.9. The maximum atomic E-state index is 13.2. The van der Waals surface area contributed by atoms with E-state index in [1.807, 2.05) is 20.8 Å². The van der Waals surface area contributed by atoms with Gasteiger partial charge >= 0.3 is 0 Å². The highest BCUT2D eigenvalue weighted by molar-refractivity contribution is 6.02. The van der Waals surface area contributed by atoms with Crippen LogP contribution in [0.25, 0.3) is 0 Å². The molecule has 1 aromatic carbocycles. The second-order valence-electron chi connectivity index (χ2n) is 9.69. The van der Waals surface area contributed by atoms with E-state index in [0.29, 0.717) is 29.9 Å². The van der Waals surface area contributed by atoms with E-state index in [1.165, 1.54) is 43.9 Å². The van der Waals surface area contributed by atoms with Crippen LogP contribution in [0.2, 0.25) is 0 Å². The Kier molecular flexibility index (Phi) is 8.81. The summed E-state index contributed by atoms with van der Waals surface area (Å²) in [6, 6.07) is 0. The van der Waals surface area contributed by atoms with Gasteiger partial charge in [0.15, 0.2) is 0 Å². The molecule has 0 unspecified atom stereocenters. The molecule has 1 heterocycles. The molecule has 0 bridgehead atoms. The Balaban J connectivity index is 2.18. The van der Waals surface area contributed by atoms with Gasteiger partial charge in [0.05, 0.1) is 16.2 Å². The highest BCUT2D eigenvalue weighted by Crippen LogP contribution is 2.46. The highest BCUT2D eigenvalue weighted by atomic mass is 16.6. The predicted molar refractivity (Wildman–Crippen MR) is 129 cm³/mol. The maximum absolute atomic E-state index is 13.2. The molecule has 1 aliphatic rings. The molecule has 32 heavy (non-hydrogen) atoms. The van der Waals surface area contributed by atoms with Crippen LogP contribution in [0.4, 0.5) is 17.1 Å². The van der Waals surface area contributed by atoms with E-state index in [0.717, 1.165) is 30.4 Å². The van der Waals surface area contributed by atoms with Crippen molar-refractivity contribution in [1.29, 1.82) is 0 Å². The first-order chi connectivity index (χ1) is 15.0. The summed E-state index contributed by atoms with van der Waals surface area (Å²) < 4.78 is 0. The van der Waals surface area contributed by atoms with Crippen LogP contribution in [0, 0.1) is 29.4 Å². The van der Waals surface area contributed by atoms with Gasteiger partial charge in [0, 0.05) is 18.9 Å². The summed E-state index contributed by atoms with van der Waals surface area (Å²) in [6.07, 6.45) is 9.66. The van der Waals surface area contributed by atoms with Crippen LogP contribution in [0.1, 0.15) is 95.8 Å². The molecule has 7 nitrogen and oxygen atoms in total. The largest absolute Gasteiger partial charge is 0.325 e. The molecule has 0 radical (unpaired) electrons. The Morgan fingerprint density at radius 3 is 2.22 bits per heavy atom. The third kappa shape index (κ3) is 5.67. The summed E-state index contributed by atoms with van der Waals surface area (Å²) in [4.78, 5) is 38.1. The molecule has 0 fully saturated rings. The molecule has 2 amide bonds. The predicted octanol–water partition coefficient (Wildman–Crippen LogP) is 6.23. The molecule has 0 atom stereocenters. The Bertz CT molecular complexity index is 877. The molecule has 0 saturated heterocycles. The molecule has 0 aliphatic carbocycles. The van der Waals surface area contributed by atoms with E-state index in [9.17, 15) is 19.7 Å². The average molecular weight is 446 g/mol. The van der Waals surface area contributed by atoms with Crippen LogP contribution < -0.4 is 10.2 Å². The zero-order chi connectivity index (χ0) is 24.1. The van der Waals surface area contributed by atoms with Crippen molar-refractivity contribution >= 4 is 28.9 Å². The molecule has 178 valence electrons. The number of nitrogens with one attached hydrogen (secondary N) is 1. The van der Waals surface area contributed by atoms with Crippen molar-refractivity contribution in [3.05, 3.63) is 26.8 Å². The van der Waals surface area contributed by atoms with Crippen molar-refractivity contribution in [3.8, 4) is 0 Å². The van der Waals surface area contributed by atoms with Crippen LogP contribution in [0.15, 0.2) is 0 Å². The Labute approximate surface area is 192 Å². The van der Waals surface area contributed by atoms with Gasteiger partial charge in [0.25, 0.3) is 5.69 Å². The van der Waals surface area contributed by atoms with Crippen molar-refractivity contribution in [2.45, 2.75) is 99.3 Å². The van der Waals surface area contributed by atoms with E-state index in [4.69, 9.17) is 0 Å². The van der Waals surface area contributed by atoms with Crippen LogP contribution >= 0.6 is 0 Å². The first-order valence-corrected chi connectivity index (χ1v) is 11.9. The van der Waals surface area contributed by atoms with E-state index in [2.05, 4.69) is 12.2 Å². The zero-order valence-electron chi connectivity index (χ0n) is 20.6. The number of benzene rings is 1. The summed E-state index contributed by atoms with van der Waals surface area (Å²) in [7, 11) is 0. The fourth-order valence-corrected chi connectivity index (χ4v) is 4.63. The fourth-order valence-electron chi connectivity index (χ4n) is 4.63. The first kappa shape index (κ1) is 25.8. The maximum Gasteiger partial charge on any atom is 0.298 e. The molecular weight excluding hydrogens is 406 g/mol. The number of unbranched alkanes of at least 4 members (excludes halogenated alkanes) is 6. The van der Waals surface area contributed by atoms with Crippen LogP contribution in [0.3, 0.4) is 0 Å². The minimum Gasteiger partial charge on any atom is -0.325 e. The molecule has 1 aliphatic heterocycles. The fraction of sp³-hybridized carbons (Fsp3) is 0.680. The lowest BCUT2D eigenvalue weighted by atomic mass is 9.85. The number of amides is 2. The summed E-state index contributed by atoms with van der Waals surface area (Å²) >= 11 is 0. The van der Waals surface area contributed by atoms with Gasteiger partial charge in [-0.3, -0.25) is 19.7 Å². The van der Waals surface area contributed by atoms with Crippen molar-refractivity contribution in [3.63, 3.8) is 0 Å². The minimum atomic E-state index is -0.568. The summed E-state index contributed by atoms with van der Waals surface area (Å²) in [5.41, 5.74) is 2.24. The van der Waals surface area contributed by atoms with Gasteiger partial charge < -0.3 is 10.2 Å². The average Bonchev–Trinajstić information content (AvgIpc) is 3.15. The standard InChI is InChI=1S/C25H39N3O4/c1-7-8-9-10-11-12-13-15-25(5,6)24(30)26-21-17(2)20-14-16-27(19(4)29)23(20)22(18(21)3)28(31)32/h7-16H2,1-6H3,(H,26,30). The zero-order valence-corrected chi connectivity index (χ0v) is 20.6. The SMILES string of the molecule is CCCCCCCCCC(C)(C)C(=O)Nc1c(C)c2c(c([N+](=O)[O-])c1C)N(C(C)=O)CC2. The van der Waals surface area contributed by atoms with Crippen molar-refractivity contribution in [2.75, 3.05) is 16.8 Å². The lowest BCUT2D eigenvalue weighted by molar-refractivity contribution is -0.384. The molecule has 7 heteroatoms. The number of hydrogen-bond acceptors (Lipinski definition) is 4. The van der Waals surface area contributed by atoms with Gasteiger partial charge in [-0.15, -0.1) is 0 Å². The van der Waals surface area contributed by atoms with Crippen molar-refractivity contribution < 1.29 is 14.5 Å². The normalized spacial score (nSPS) is 13.2. The number of carbonyl (C=O) groups is 2. The van der Waals surface area contributed by atoms with Gasteiger partial charge in [0.2, 0.25) is 11.8 Å². The minimum absolute atomic E-state index is 0.0847. The summed E-state index contributed by atoms with van der Waals surface area (Å²) in [5, 5.41) is 14.9. The summed E-state index contributed by atoms with van der Waals surface area (Å²) in [6.45, 7) is 11.4. The topological polar surface area (TPSA) is 92.5 Å². The third-order valence-corrected chi connectivity index (χ3v) is 6.74. The number of rotatable bonds is 11. The number of carbonyl (C=O) groups excluding carboxylic acids is 2. The lowest BCUT2D eigenvalue weighted by Crippen LogP contribution is -2.31. The number of anilines is 2. The van der Waals surface area contributed by atoms with Crippen LogP contribution in [-0.2, 0) is 16.0 Å². The molecular formula is C25H39N3O4. The van der Waals surface area contributed by atoms with Gasteiger partial charge in [-0.05, 0) is 37.8 Å². The second kappa shape index (κ2) is 10.9. The Morgan fingerprint density at radius 2 is 1.66 bits per heavy atom. The van der Waals surface area contributed by atoms with Gasteiger partial charge in [-0.2, -0.15) is 0 Å². The molecule has 0 aromatic heterocycles. The van der Waals surface area contributed by atoms with Gasteiger partial charge in [0.1, 0.15) is 5.69 Å². The second-order valence-corrected chi connectivity index (χ2v) is 9.69. The highest BCUT2D eigenvalue weighted by Gasteiger charge is 2.37. The van der Waals surface area contributed by atoms with Gasteiger partial charge in [-0.25, -0.2) is 0 Å². The van der Waals surface area contributed by atoms with E-state index in [1.54, 1.807) is 6.92 Å². The number of nitrogens with zero attached hydrogens (tertiary/aromatic N) is 2. The van der Waals surface area contributed by atoms with Crippen LogP contribution in [-0.4, -0.2) is 23.3 Å². The molecule has 1 N–H and O–H groups in total.